The molecular formula is C12H18N2O2. The van der Waals surface area contributed by atoms with E-state index in [9.17, 15) is 4.79 Å². The highest BCUT2D eigenvalue weighted by atomic mass is 16.5. The molecule has 0 spiro atoms. The summed E-state index contributed by atoms with van der Waals surface area (Å²) in [5.41, 5.74) is 6.67. The molecular weight excluding hydrogens is 204 g/mol. The van der Waals surface area contributed by atoms with Gasteiger partial charge in [-0.1, -0.05) is 30.3 Å². The van der Waals surface area contributed by atoms with Crippen LogP contribution in [0.1, 0.15) is 18.5 Å². The van der Waals surface area contributed by atoms with Gasteiger partial charge in [-0.05, 0) is 12.5 Å². The summed E-state index contributed by atoms with van der Waals surface area (Å²) in [7, 11) is 1.52. The molecule has 0 radical (unpaired) electrons. The molecule has 0 fully saturated rings. The Morgan fingerprint density at radius 2 is 2.06 bits per heavy atom. The highest BCUT2D eigenvalue weighted by molar-refractivity contribution is 5.82. The van der Waals surface area contributed by atoms with Gasteiger partial charge in [0.25, 0.3) is 0 Å². The van der Waals surface area contributed by atoms with E-state index in [-0.39, 0.29) is 18.6 Å². The van der Waals surface area contributed by atoms with Crippen LogP contribution in [0.4, 0.5) is 0 Å². The lowest BCUT2D eigenvalue weighted by atomic mass is 10.1. The first kappa shape index (κ1) is 12.7. The van der Waals surface area contributed by atoms with Gasteiger partial charge in [0.05, 0.1) is 12.6 Å². The number of carbonyl (C=O) groups excluding carboxylic acids is 1. The van der Waals surface area contributed by atoms with Crippen LogP contribution >= 0.6 is 0 Å². The Kier molecular flexibility index (Phi) is 4.95. The lowest BCUT2D eigenvalue weighted by Crippen LogP contribution is -2.44. The number of benzene rings is 1. The van der Waals surface area contributed by atoms with Crippen LogP contribution in [0.15, 0.2) is 30.3 Å². The second kappa shape index (κ2) is 6.25. The lowest BCUT2D eigenvalue weighted by Gasteiger charge is -2.17. The van der Waals surface area contributed by atoms with Crippen molar-refractivity contribution in [1.29, 1.82) is 0 Å². The summed E-state index contributed by atoms with van der Waals surface area (Å²) >= 11 is 0. The van der Waals surface area contributed by atoms with Crippen LogP contribution in [0, 0.1) is 0 Å². The predicted molar refractivity (Wildman–Crippen MR) is 62.9 cm³/mol. The van der Waals surface area contributed by atoms with Crippen LogP contribution in [0.3, 0.4) is 0 Å². The molecule has 16 heavy (non-hydrogen) atoms. The Morgan fingerprint density at radius 3 is 2.62 bits per heavy atom. The van der Waals surface area contributed by atoms with Gasteiger partial charge in [-0.2, -0.15) is 0 Å². The SMILES string of the molecule is COCC(N)C(=O)N[C@H](C)c1ccccc1. The molecule has 0 aliphatic heterocycles. The summed E-state index contributed by atoms with van der Waals surface area (Å²) in [4.78, 5) is 11.6. The predicted octanol–water partition coefficient (Wildman–Crippen LogP) is 0.838. The van der Waals surface area contributed by atoms with Crippen LogP contribution < -0.4 is 11.1 Å². The van der Waals surface area contributed by atoms with Crippen LogP contribution in [0.5, 0.6) is 0 Å². The van der Waals surface area contributed by atoms with Crippen molar-refractivity contribution in [3.8, 4) is 0 Å². The summed E-state index contributed by atoms with van der Waals surface area (Å²) in [6, 6.07) is 9.08. The normalized spacial score (nSPS) is 14.2. The van der Waals surface area contributed by atoms with Crippen LogP contribution in [0.25, 0.3) is 0 Å². The van der Waals surface area contributed by atoms with E-state index in [0.29, 0.717) is 0 Å². The third kappa shape index (κ3) is 3.64. The molecule has 0 heterocycles. The molecule has 1 aromatic carbocycles. The fraction of sp³-hybridized carbons (Fsp3) is 0.417. The summed E-state index contributed by atoms with van der Waals surface area (Å²) in [6.45, 7) is 2.15. The van der Waals surface area contributed by atoms with E-state index in [4.69, 9.17) is 10.5 Å². The topological polar surface area (TPSA) is 64.3 Å². The van der Waals surface area contributed by atoms with E-state index in [2.05, 4.69) is 5.32 Å². The van der Waals surface area contributed by atoms with Crippen molar-refractivity contribution >= 4 is 5.91 Å². The lowest BCUT2D eigenvalue weighted by molar-refractivity contribution is -0.124. The number of amides is 1. The Balaban J connectivity index is 2.51. The molecule has 0 bridgehead atoms. The number of nitrogens with two attached hydrogens (primary N) is 1. The quantitative estimate of drug-likeness (QED) is 0.776. The van der Waals surface area contributed by atoms with E-state index >= 15 is 0 Å². The van der Waals surface area contributed by atoms with Crippen molar-refractivity contribution in [1.82, 2.24) is 5.32 Å². The molecule has 0 aromatic heterocycles. The molecule has 0 aliphatic rings. The molecule has 1 amide bonds. The molecule has 2 atom stereocenters. The number of rotatable bonds is 5. The Hall–Kier alpha value is -1.39. The van der Waals surface area contributed by atoms with E-state index in [1.165, 1.54) is 7.11 Å². The highest BCUT2D eigenvalue weighted by Gasteiger charge is 2.15. The summed E-state index contributed by atoms with van der Waals surface area (Å²) in [6.07, 6.45) is 0. The van der Waals surface area contributed by atoms with Crippen molar-refractivity contribution in [2.24, 2.45) is 5.73 Å². The van der Waals surface area contributed by atoms with Gasteiger partial charge in [0.15, 0.2) is 0 Å². The van der Waals surface area contributed by atoms with Crippen molar-refractivity contribution in [3.05, 3.63) is 35.9 Å². The van der Waals surface area contributed by atoms with Gasteiger partial charge in [-0.25, -0.2) is 0 Å². The van der Waals surface area contributed by atoms with E-state index < -0.39 is 6.04 Å². The van der Waals surface area contributed by atoms with Crippen LogP contribution in [0.2, 0.25) is 0 Å². The smallest absolute Gasteiger partial charge is 0.239 e. The van der Waals surface area contributed by atoms with Crippen molar-refractivity contribution in [2.75, 3.05) is 13.7 Å². The molecule has 0 aliphatic carbocycles. The second-order valence-electron chi connectivity index (χ2n) is 3.70. The fourth-order valence-corrected chi connectivity index (χ4v) is 1.40. The van der Waals surface area contributed by atoms with Gasteiger partial charge < -0.3 is 15.8 Å². The standard InChI is InChI=1S/C12H18N2O2/c1-9(10-6-4-3-5-7-10)14-12(15)11(13)8-16-2/h3-7,9,11H,8,13H2,1-2H3,(H,14,15)/t9-,11?/m1/s1. The number of ether oxygens (including phenoxy) is 1. The number of hydrogen-bond acceptors (Lipinski definition) is 3. The van der Waals surface area contributed by atoms with E-state index in [1.807, 2.05) is 37.3 Å². The molecule has 4 heteroatoms. The maximum atomic E-state index is 11.6. The molecule has 0 saturated heterocycles. The minimum Gasteiger partial charge on any atom is -0.383 e. The molecule has 4 nitrogen and oxygen atoms in total. The number of hydrogen-bond donors (Lipinski definition) is 2. The van der Waals surface area contributed by atoms with Gasteiger partial charge >= 0.3 is 0 Å². The zero-order chi connectivity index (χ0) is 12.0. The summed E-state index contributed by atoms with van der Waals surface area (Å²) in [5, 5.41) is 2.84. The van der Waals surface area contributed by atoms with Gasteiger partial charge in [0, 0.05) is 7.11 Å². The average molecular weight is 222 g/mol. The minimum absolute atomic E-state index is 0.0448. The van der Waals surface area contributed by atoms with Gasteiger partial charge in [-0.3, -0.25) is 4.79 Å². The maximum Gasteiger partial charge on any atom is 0.239 e. The molecule has 1 rings (SSSR count). The van der Waals surface area contributed by atoms with Gasteiger partial charge in [0.2, 0.25) is 5.91 Å². The van der Waals surface area contributed by atoms with Gasteiger partial charge in [0.1, 0.15) is 6.04 Å². The van der Waals surface area contributed by atoms with Crippen LogP contribution in [-0.2, 0) is 9.53 Å². The first-order chi connectivity index (χ1) is 7.65. The van der Waals surface area contributed by atoms with Crippen molar-refractivity contribution in [3.63, 3.8) is 0 Å². The molecule has 88 valence electrons. The third-order valence-corrected chi connectivity index (χ3v) is 2.34. The molecule has 1 unspecified atom stereocenters. The molecule has 1 aromatic rings. The second-order valence-corrected chi connectivity index (χ2v) is 3.70. The largest absolute Gasteiger partial charge is 0.383 e. The highest BCUT2D eigenvalue weighted by Crippen LogP contribution is 2.10. The minimum atomic E-state index is -0.615. The number of nitrogens with one attached hydrogen (secondary N) is 1. The third-order valence-electron chi connectivity index (χ3n) is 2.34. The Bertz CT molecular complexity index is 327. The molecule has 3 N–H and O–H groups in total. The first-order valence-electron chi connectivity index (χ1n) is 5.25. The Morgan fingerprint density at radius 1 is 1.44 bits per heavy atom. The average Bonchev–Trinajstić information content (AvgIpc) is 2.30. The Labute approximate surface area is 95.8 Å². The van der Waals surface area contributed by atoms with Crippen molar-refractivity contribution in [2.45, 2.75) is 19.0 Å². The number of methoxy groups -OCH3 is 1. The maximum absolute atomic E-state index is 11.6. The van der Waals surface area contributed by atoms with Crippen molar-refractivity contribution < 1.29 is 9.53 Å². The number of carbonyl (C=O) groups is 1. The monoisotopic (exact) mass is 222 g/mol. The zero-order valence-electron chi connectivity index (χ0n) is 9.64. The summed E-state index contributed by atoms with van der Waals surface area (Å²) < 4.78 is 4.83. The van der Waals surface area contributed by atoms with Gasteiger partial charge in [-0.15, -0.1) is 0 Å². The molecule has 0 saturated carbocycles. The van der Waals surface area contributed by atoms with E-state index in [0.717, 1.165) is 5.56 Å². The summed E-state index contributed by atoms with van der Waals surface area (Å²) in [5.74, 6) is -0.196. The first-order valence-corrected chi connectivity index (χ1v) is 5.25. The zero-order valence-corrected chi connectivity index (χ0v) is 9.64. The van der Waals surface area contributed by atoms with E-state index in [1.54, 1.807) is 0 Å². The fourth-order valence-electron chi connectivity index (χ4n) is 1.40. The van der Waals surface area contributed by atoms with Crippen LogP contribution in [-0.4, -0.2) is 25.7 Å².